The predicted molar refractivity (Wildman–Crippen MR) is 89.1 cm³/mol. The Morgan fingerprint density at radius 3 is 2.65 bits per heavy atom. The molecule has 0 unspecified atom stereocenters. The Kier molecular flexibility index (Phi) is 4.89. The van der Waals surface area contributed by atoms with E-state index in [-0.39, 0.29) is 0 Å². The number of aromatic nitrogens is 1. The highest BCUT2D eigenvalue weighted by Crippen LogP contribution is 2.29. The van der Waals surface area contributed by atoms with Crippen LogP contribution in [0.3, 0.4) is 0 Å². The third-order valence-electron chi connectivity index (χ3n) is 3.08. The van der Waals surface area contributed by atoms with Gasteiger partial charge in [-0.15, -0.1) is 0 Å². The molecule has 0 aliphatic heterocycles. The second kappa shape index (κ2) is 6.46. The van der Waals surface area contributed by atoms with Gasteiger partial charge in [-0.3, -0.25) is 0 Å². The van der Waals surface area contributed by atoms with Crippen molar-refractivity contribution in [2.75, 3.05) is 10.6 Å². The maximum atomic E-state index is 6.03. The third-order valence-corrected chi connectivity index (χ3v) is 3.87. The van der Waals surface area contributed by atoms with Gasteiger partial charge in [-0.25, -0.2) is 4.98 Å². The van der Waals surface area contributed by atoms with E-state index >= 15 is 0 Å². The van der Waals surface area contributed by atoms with E-state index in [1.165, 1.54) is 0 Å². The first-order valence-corrected chi connectivity index (χ1v) is 7.57. The van der Waals surface area contributed by atoms with Gasteiger partial charge in [0, 0.05) is 24.5 Å². The van der Waals surface area contributed by atoms with Crippen LogP contribution in [0.25, 0.3) is 0 Å². The zero-order valence-electron chi connectivity index (χ0n) is 11.5. The van der Waals surface area contributed by atoms with Crippen molar-refractivity contribution >= 4 is 39.0 Å². The molecule has 0 aliphatic carbocycles. The van der Waals surface area contributed by atoms with Gasteiger partial charge in [0.25, 0.3) is 0 Å². The number of benzene rings is 1. The molecule has 20 heavy (non-hydrogen) atoms. The van der Waals surface area contributed by atoms with Crippen molar-refractivity contribution in [1.29, 1.82) is 0 Å². The maximum absolute atomic E-state index is 6.03. The fraction of sp³-hybridized carbons (Fsp3) is 0.267. The Morgan fingerprint density at radius 2 is 2.05 bits per heavy atom. The molecule has 1 aromatic heterocycles. The van der Waals surface area contributed by atoms with Crippen LogP contribution in [0.5, 0.6) is 0 Å². The minimum atomic E-state index is 0.291. The van der Waals surface area contributed by atoms with Crippen molar-refractivity contribution in [2.45, 2.75) is 26.4 Å². The van der Waals surface area contributed by atoms with Gasteiger partial charge in [-0.1, -0.05) is 29.8 Å². The third kappa shape index (κ3) is 3.44. The number of para-hydroxylation sites is 1. The zero-order valence-corrected chi connectivity index (χ0v) is 13.8. The van der Waals surface area contributed by atoms with E-state index in [4.69, 9.17) is 17.3 Å². The molecular formula is C15H17BrClN3. The molecule has 1 heterocycles. The summed E-state index contributed by atoms with van der Waals surface area (Å²) in [4.78, 5) is 6.62. The molecule has 106 valence electrons. The van der Waals surface area contributed by atoms with E-state index in [2.05, 4.69) is 39.7 Å². The van der Waals surface area contributed by atoms with Crippen LogP contribution in [0.1, 0.15) is 19.4 Å². The summed E-state index contributed by atoms with van der Waals surface area (Å²) in [5.74, 6) is 0.868. The highest BCUT2D eigenvalue weighted by molar-refractivity contribution is 9.10. The van der Waals surface area contributed by atoms with Crippen LogP contribution in [-0.2, 0) is 6.54 Å². The van der Waals surface area contributed by atoms with Crippen molar-refractivity contribution in [3.8, 4) is 0 Å². The van der Waals surface area contributed by atoms with Gasteiger partial charge in [-0.05, 0) is 47.5 Å². The molecule has 0 aliphatic rings. The minimum absolute atomic E-state index is 0.291. The quantitative estimate of drug-likeness (QED) is 0.822. The lowest BCUT2D eigenvalue weighted by atomic mass is 10.1. The monoisotopic (exact) mass is 353 g/mol. The van der Waals surface area contributed by atoms with Gasteiger partial charge >= 0.3 is 0 Å². The molecule has 3 nitrogen and oxygen atoms in total. The average Bonchev–Trinajstić information content (AvgIpc) is 2.38. The molecule has 0 bridgehead atoms. The number of hydrogen-bond acceptors (Lipinski definition) is 3. The average molecular weight is 355 g/mol. The Balaban J connectivity index is 2.35. The number of pyridine rings is 1. The largest absolute Gasteiger partial charge is 0.398 e. The van der Waals surface area contributed by atoms with Crippen LogP contribution in [0.15, 0.2) is 41.0 Å². The van der Waals surface area contributed by atoms with Gasteiger partial charge in [-0.2, -0.15) is 0 Å². The summed E-state index contributed by atoms with van der Waals surface area (Å²) in [6.45, 7) is 4.96. The number of nitrogen functional groups attached to an aromatic ring is 1. The van der Waals surface area contributed by atoms with E-state index in [9.17, 15) is 0 Å². The Hall–Kier alpha value is -1.26. The number of nitrogens with two attached hydrogens (primary N) is 1. The van der Waals surface area contributed by atoms with Crippen LogP contribution >= 0.6 is 27.5 Å². The molecule has 0 amide bonds. The topological polar surface area (TPSA) is 42.1 Å². The maximum Gasteiger partial charge on any atom is 0.143 e. The van der Waals surface area contributed by atoms with Gasteiger partial charge < -0.3 is 10.6 Å². The second-order valence-electron chi connectivity index (χ2n) is 4.88. The predicted octanol–water partition coefficient (Wildman–Crippen LogP) is 4.49. The molecule has 0 saturated heterocycles. The van der Waals surface area contributed by atoms with Gasteiger partial charge in [0.15, 0.2) is 0 Å². The van der Waals surface area contributed by atoms with E-state index in [1.54, 1.807) is 6.20 Å². The highest BCUT2D eigenvalue weighted by atomic mass is 79.9. The summed E-state index contributed by atoms with van der Waals surface area (Å²) in [6, 6.07) is 10.0. The van der Waals surface area contributed by atoms with E-state index in [1.807, 2.05) is 30.3 Å². The molecule has 0 atom stereocenters. The molecule has 2 N–H and O–H groups in total. The number of rotatable bonds is 4. The number of hydrogen-bond donors (Lipinski definition) is 1. The Bertz CT molecular complexity index is 601. The van der Waals surface area contributed by atoms with Crippen LogP contribution in [0.2, 0.25) is 5.02 Å². The van der Waals surface area contributed by atoms with Crippen molar-refractivity contribution in [2.24, 2.45) is 0 Å². The summed E-state index contributed by atoms with van der Waals surface area (Å²) in [6.07, 6.45) is 1.66. The van der Waals surface area contributed by atoms with Crippen LogP contribution in [-0.4, -0.2) is 11.0 Å². The van der Waals surface area contributed by atoms with Crippen molar-refractivity contribution in [3.63, 3.8) is 0 Å². The molecule has 0 radical (unpaired) electrons. The normalized spacial score (nSPS) is 10.8. The summed E-state index contributed by atoms with van der Waals surface area (Å²) in [5, 5.41) is 0.614. The Morgan fingerprint density at radius 1 is 1.35 bits per heavy atom. The van der Waals surface area contributed by atoms with E-state index < -0.39 is 0 Å². The van der Waals surface area contributed by atoms with Crippen LogP contribution < -0.4 is 10.6 Å². The summed E-state index contributed by atoms with van der Waals surface area (Å²) in [5.41, 5.74) is 7.91. The minimum Gasteiger partial charge on any atom is -0.398 e. The lowest BCUT2D eigenvalue weighted by Crippen LogP contribution is -2.31. The van der Waals surface area contributed by atoms with Crippen molar-refractivity contribution in [3.05, 3.63) is 51.6 Å². The zero-order chi connectivity index (χ0) is 14.7. The lowest BCUT2D eigenvalue weighted by molar-refractivity contribution is 0.671. The first kappa shape index (κ1) is 15.1. The summed E-state index contributed by atoms with van der Waals surface area (Å²) < 4.78 is 0.883. The van der Waals surface area contributed by atoms with Gasteiger partial charge in [0.2, 0.25) is 0 Å². The van der Waals surface area contributed by atoms with Crippen molar-refractivity contribution < 1.29 is 0 Å². The van der Waals surface area contributed by atoms with Gasteiger partial charge in [0.1, 0.15) is 5.82 Å². The standard InChI is InChI=1S/C15H17BrClN3/c1-10(2)20(9-11-5-3-4-6-14(11)18)15-13(16)7-12(17)8-19-15/h3-8,10H,9,18H2,1-2H3. The fourth-order valence-corrected chi connectivity index (χ4v) is 2.85. The molecule has 0 fully saturated rings. The number of anilines is 2. The number of nitrogens with zero attached hydrogens (tertiary/aromatic N) is 2. The molecule has 2 aromatic rings. The SMILES string of the molecule is CC(C)N(Cc1ccccc1N)c1ncc(Cl)cc1Br. The molecular weight excluding hydrogens is 338 g/mol. The first-order valence-electron chi connectivity index (χ1n) is 6.40. The fourth-order valence-electron chi connectivity index (χ4n) is 1.98. The highest BCUT2D eigenvalue weighted by Gasteiger charge is 2.16. The van der Waals surface area contributed by atoms with Gasteiger partial charge in [0.05, 0.1) is 9.50 Å². The van der Waals surface area contributed by atoms with E-state index in [0.717, 1.165) is 21.5 Å². The smallest absolute Gasteiger partial charge is 0.143 e. The molecule has 0 spiro atoms. The lowest BCUT2D eigenvalue weighted by Gasteiger charge is -2.29. The van der Waals surface area contributed by atoms with Crippen LogP contribution in [0, 0.1) is 0 Å². The summed E-state index contributed by atoms with van der Waals surface area (Å²) in [7, 11) is 0. The first-order chi connectivity index (χ1) is 9.49. The van der Waals surface area contributed by atoms with Crippen LogP contribution in [0.4, 0.5) is 11.5 Å². The molecule has 5 heteroatoms. The van der Waals surface area contributed by atoms with E-state index in [0.29, 0.717) is 17.6 Å². The number of halogens is 2. The molecule has 2 rings (SSSR count). The second-order valence-corrected chi connectivity index (χ2v) is 6.17. The summed E-state index contributed by atoms with van der Waals surface area (Å²) >= 11 is 9.48. The Labute approximate surface area is 132 Å². The molecule has 1 aromatic carbocycles. The molecule has 0 saturated carbocycles. The van der Waals surface area contributed by atoms with Crippen molar-refractivity contribution in [1.82, 2.24) is 4.98 Å².